The SMILES string of the molecule is C/C=C/C=C/[C@@H]1O[C@](O)([C@@H](CC)C(=O)NC/C=C/C=C(\C)[C@@H](OC)[C@@H](C)[C@@H]2O[C@H](/C=C/C=C/C=C(\C)C(=O)c3c(O)cc[nH]c3=O)[C@H](O)[C@@H]2O)[C@H](O)[C@H](O)C1(C)C. The van der Waals surface area contributed by atoms with Crippen molar-refractivity contribution in [2.45, 2.75) is 110 Å². The molecule has 3 rings (SSSR count). The molecule has 1 aromatic rings. The number of pyridine rings is 1. The van der Waals surface area contributed by atoms with Crippen LogP contribution < -0.4 is 10.9 Å². The smallest absolute Gasteiger partial charge is 0.262 e. The van der Waals surface area contributed by atoms with Gasteiger partial charge in [0.2, 0.25) is 11.7 Å². The van der Waals surface area contributed by atoms with Gasteiger partial charge in [-0.3, -0.25) is 14.4 Å². The maximum Gasteiger partial charge on any atom is 0.262 e. The highest BCUT2D eigenvalue weighted by Crippen LogP contribution is 2.44. The molecule has 2 aliphatic heterocycles. The standard InChI is InChI=1S/C43H60N2O12/c1-9-11-13-21-31-42(6,7)38(50)39(51)43(54,57-31)28(10-2)40(52)44-23-17-16-19-26(4)36(55-8)27(5)37-35(49)34(48)30(56-37)20-15-12-14-18-25(3)33(47)32-29(46)22-24-45-41(32)53/h9,11-22,24,27-28,30-31,34-39,48-51,54H,10,23H2,1-8H3,(H,44,52)(H2,45,46,53)/b11-9+,14-12+,17-16+,20-15+,21-13+,25-18+,26-19+/t27-,28+,30-,31+,34+,35+,36-,37+,38+,39-,43-/m1/s1. The van der Waals surface area contributed by atoms with E-state index >= 15 is 0 Å². The van der Waals surface area contributed by atoms with Gasteiger partial charge in [-0.15, -0.1) is 0 Å². The summed E-state index contributed by atoms with van der Waals surface area (Å²) in [4.78, 5) is 40.2. The first-order valence-corrected chi connectivity index (χ1v) is 19.1. The number of aliphatic hydroxyl groups is 5. The van der Waals surface area contributed by atoms with E-state index in [0.29, 0.717) is 0 Å². The number of rotatable bonds is 17. The highest BCUT2D eigenvalue weighted by Gasteiger charge is 2.60. The molecule has 0 bridgehead atoms. The Labute approximate surface area is 334 Å². The summed E-state index contributed by atoms with van der Waals surface area (Å²) in [6.45, 7) is 12.2. The van der Waals surface area contributed by atoms with E-state index in [2.05, 4.69) is 10.3 Å². The quantitative estimate of drug-likeness (QED) is 0.0647. The highest BCUT2D eigenvalue weighted by molar-refractivity contribution is 6.09. The fourth-order valence-corrected chi connectivity index (χ4v) is 7.12. The van der Waals surface area contributed by atoms with Gasteiger partial charge in [0.05, 0.1) is 30.3 Å². The van der Waals surface area contributed by atoms with Crippen LogP contribution in [0.3, 0.4) is 0 Å². The number of allylic oxidation sites excluding steroid dienone is 10. The first kappa shape index (κ1) is 47.1. The molecule has 8 N–H and O–H groups in total. The molecule has 1 aromatic heterocycles. The van der Waals surface area contributed by atoms with Gasteiger partial charge in [-0.2, -0.15) is 0 Å². The van der Waals surface area contributed by atoms with Crippen molar-refractivity contribution in [3.05, 3.63) is 112 Å². The molecule has 0 saturated carbocycles. The Morgan fingerprint density at radius 2 is 1.68 bits per heavy atom. The minimum atomic E-state index is -2.34. The number of aromatic nitrogens is 1. The topological polar surface area (TPSA) is 228 Å². The first-order chi connectivity index (χ1) is 26.9. The normalized spacial score (nSPS) is 30.2. The van der Waals surface area contributed by atoms with E-state index in [1.54, 1.807) is 81.5 Å². The van der Waals surface area contributed by atoms with E-state index in [-0.39, 0.29) is 24.1 Å². The molecule has 2 fully saturated rings. The monoisotopic (exact) mass is 796 g/mol. The Morgan fingerprint density at radius 1 is 1.00 bits per heavy atom. The van der Waals surface area contributed by atoms with Crippen molar-refractivity contribution in [2.24, 2.45) is 17.3 Å². The number of H-pyrrole nitrogens is 1. The largest absolute Gasteiger partial charge is 0.507 e. The maximum absolute atomic E-state index is 13.3. The second-order valence-electron chi connectivity index (χ2n) is 15.0. The number of carbonyl (C=O) groups excluding carboxylic acids is 2. The van der Waals surface area contributed by atoms with Crippen LogP contribution in [0, 0.1) is 17.3 Å². The summed E-state index contributed by atoms with van der Waals surface area (Å²) in [7, 11) is 1.52. The number of Topliss-reactive ketones (excluding diaryl/α,β-unsaturated/α-hetero) is 1. The summed E-state index contributed by atoms with van der Waals surface area (Å²) in [5.41, 5.74) is -1.02. The summed E-state index contributed by atoms with van der Waals surface area (Å²) in [6.07, 6.45) is 12.8. The van der Waals surface area contributed by atoms with Gasteiger partial charge in [0, 0.05) is 31.2 Å². The predicted octanol–water partition coefficient (Wildman–Crippen LogP) is 3.07. The zero-order chi connectivity index (χ0) is 42.7. The molecule has 314 valence electrons. The molecule has 57 heavy (non-hydrogen) atoms. The number of hydrogen-bond acceptors (Lipinski definition) is 12. The van der Waals surface area contributed by atoms with Gasteiger partial charge in [-0.05, 0) is 44.4 Å². The molecule has 2 saturated heterocycles. The predicted molar refractivity (Wildman–Crippen MR) is 215 cm³/mol. The molecule has 0 spiro atoms. The number of aromatic hydroxyl groups is 1. The number of hydrogen-bond donors (Lipinski definition) is 8. The number of aromatic amines is 1. The Bertz CT molecular complexity index is 1810. The molecule has 0 radical (unpaired) electrons. The van der Waals surface area contributed by atoms with Crippen LogP contribution in [0.4, 0.5) is 0 Å². The average Bonchev–Trinajstić information content (AvgIpc) is 3.45. The lowest BCUT2D eigenvalue weighted by atomic mass is 9.71. The van der Waals surface area contributed by atoms with Crippen molar-refractivity contribution >= 4 is 11.7 Å². The number of carbonyl (C=O) groups is 2. The molecule has 0 aliphatic carbocycles. The fourth-order valence-electron chi connectivity index (χ4n) is 7.12. The average molecular weight is 797 g/mol. The molecule has 0 aromatic carbocycles. The van der Waals surface area contributed by atoms with Crippen LogP contribution in [0.5, 0.6) is 5.75 Å². The van der Waals surface area contributed by atoms with Crippen LogP contribution in [-0.4, -0.2) is 116 Å². The third kappa shape index (κ3) is 11.0. The third-order valence-electron chi connectivity index (χ3n) is 10.7. The zero-order valence-corrected chi connectivity index (χ0v) is 33.9. The summed E-state index contributed by atoms with van der Waals surface area (Å²) in [5.74, 6) is -5.55. The molecule has 14 heteroatoms. The van der Waals surface area contributed by atoms with Crippen molar-refractivity contribution in [1.82, 2.24) is 10.3 Å². The van der Waals surface area contributed by atoms with Gasteiger partial charge < -0.3 is 55.2 Å². The van der Waals surface area contributed by atoms with Crippen LogP contribution in [0.1, 0.15) is 65.2 Å². The first-order valence-electron chi connectivity index (χ1n) is 19.1. The van der Waals surface area contributed by atoms with Crippen LogP contribution in [0.2, 0.25) is 0 Å². The van der Waals surface area contributed by atoms with E-state index in [4.69, 9.17) is 14.2 Å². The zero-order valence-electron chi connectivity index (χ0n) is 33.9. The maximum atomic E-state index is 13.3. The van der Waals surface area contributed by atoms with E-state index in [0.717, 1.165) is 5.57 Å². The number of aliphatic hydroxyl groups excluding tert-OH is 4. The van der Waals surface area contributed by atoms with E-state index in [1.165, 1.54) is 32.4 Å². The van der Waals surface area contributed by atoms with Crippen molar-refractivity contribution in [1.29, 1.82) is 0 Å². The van der Waals surface area contributed by atoms with E-state index < -0.39 is 94.9 Å². The third-order valence-corrected chi connectivity index (χ3v) is 10.7. The van der Waals surface area contributed by atoms with Gasteiger partial charge in [0.1, 0.15) is 35.7 Å². The molecule has 1 amide bonds. The number of nitrogens with one attached hydrogen (secondary N) is 2. The minimum Gasteiger partial charge on any atom is -0.507 e. The van der Waals surface area contributed by atoms with E-state index in [9.17, 15) is 45.0 Å². The summed E-state index contributed by atoms with van der Waals surface area (Å²) >= 11 is 0. The summed E-state index contributed by atoms with van der Waals surface area (Å²) < 4.78 is 17.8. The van der Waals surface area contributed by atoms with Crippen molar-refractivity contribution in [2.75, 3.05) is 13.7 Å². The van der Waals surface area contributed by atoms with Gasteiger partial charge in [-0.1, -0.05) is 101 Å². The van der Waals surface area contributed by atoms with Gasteiger partial charge in [0.25, 0.3) is 5.56 Å². The second-order valence-corrected chi connectivity index (χ2v) is 15.0. The van der Waals surface area contributed by atoms with Gasteiger partial charge in [0.15, 0.2) is 5.78 Å². The number of amides is 1. The Morgan fingerprint density at radius 3 is 2.32 bits per heavy atom. The van der Waals surface area contributed by atoms with Gasteiger partial charge >= 0.3 is 0 Å². The van der Waals surface area contributed by atoms with Crippen molar-refractivity contribution in [3.8, 4) is 5.75 Å². The van der Waals surface area contributed by atoms with Crippen LogP contribution in [0.25, 0.3) is 0 Å². The van der Waals surface area contributed by atoms with Gasteiger partial charge in [-0.25, -0.2) is 0 Å². The molecule has 0 unspecified atom stereocenters. The fraction of sp³-hybridized carbons (Fsp3) is 0.512. The Hall–Kier alpha value is -4.25. The lowest BCUT2D eigenvalue weighted by molar-refractivity contribution is -0.359. The highest BCUT2D eigenvalue weighted by atomic mass is 16.7. The van der Waals surface area contributed by atoms with Crippen LogP contribution in [0.15, 0.2) is 101 Å². The summed E-state index contributed by atoms with van der Waals surface area (Å²) in [6, 6.07) is 1.22. The Kier molecular flexibility index (Phi) is 17.3. The lowest BCUT2D eigenvalue weighted by Gasteiger charge is -2.53. The lowest BCUT2D eigenvalue weighted by Crippen LogP contribution is -2.69. The second kappa shape index (κ2) is 21.0. The molecule has 3 heterocycles. The number of methoxy groups -OCH3 is 1. The number of ether oxygens (including phenoxy) is 3. The van der Waals surface area contributed by atoms with E-state index in [1.807, 2.05) is 26.8 Å². The summed E-state index contributed by atoms with van der Waals surface area (Å²) in [5, 5.41) is 67.8. The molecule has 11 atom stereocenters. The number of ketones is 1. The van der Waals surface area contributed by atoms with Crippen LogP contribution >= 0.6 is 0 Å². The Balaban J connectivity index is 1.60. The van der Waals surface area contributed by atoms with Crippen molar-refractivity contribution < 1.29 is 54.4 Å². The van der Waals surface area contributed by atoms with Crippen LogP contribution in [-0.2, 0) is 19.0 Å². The molecule has 14 nitrogen and oxygen atoms in total. The molecular formula is C43H60N2O12. The molecular weight excluding hydrogens is 736 g/mol. The minimum absolute atomic E-state index is 0.0817. The van der Waals surface area contributed by atoms with Crippen molar-refractivity contribution in [3.63, 3.8) is 0 Å². The molecule has 2 aliphatic rings.